The molecule has 0 spiro atoms. The Morgan fingerprint density at radius 3 is 2.71 bits per heavy atom. The van der Waals surface area contributed by atoms with Crippen molar-refractivity contribution in [1.29, 1.82) is 0 Å². The second-order valence-electron chi connectivity index (χ2n) is 5.52. The summed E-state index contributed by atoms with van der Waals surface area (Å²) in [6.07, 6.45) is 2.28. The number of likely N-dealkylation sites (tertiary alicyclic amines) is 1. The number of rotatable bonds is 6. The molecule has 0 saturated carbocycles. The Morgan fingerprint density at radius 2 is 2.18 bits per heavy atom. The van der Waals surface area contributed by atoms with E-state index in [0.717, 1.165) is 32.5 Å². The smallest absolute Gasteiger partial charge is 0.0777 e. The van der Waals surface area contributed by atoms with Gasteiger partial charge in [-0.3, -0.25) is 4.90 Å². The van der Waals surface area contributed by atoms with E-state index in [1.165, 1.54) is 0 Å². The van der Waals surface area contributed by atoms with Crippen LogP contribution in [0.3, 0.4) is 0 Å². The van der Waals surface area contributed by atoms with Crippen LogP contribution in [0.2, 0.25) is 0 Å². The Balaban J connectivity index is 2.68. The summed E-state index contributed by atoms with van der Waals surface area (Å²) in [5.74, 6) is 0. The highest BCUT2D eigenvalue weighted by molar-refractivity contribution is 4.95. The van der Waals surface area contributed by atoms with E-state index in [2.05, 4.69) is 18.7 Å². The molecular formula is C13H28N2O2. The molecule has 17 heavy (non-hydrogen) atoms. The van der Waals surface area contributed by atoms with Gasteiger partial charge in [-0.25, -0.2) is 0 Å². The highest BCUT2D eigenvalue weighted by Crippen LogP contribution is 2.28. The van der Waals surface area contributed by atoms with Gasteiger partial charge in [-0.1, -0.05) is 0 Å². The third-order valence-corrected chi connectivity index (χ3v) is 3.97. The third-order valence-electron chi connectivity index (χ3n) is 3.97. The van der Waals surface area contributed by atoms with Gasteiger partial charge in [-0.05, 0) is 40.2 Å². The number of methoxy groups -OCH3 is 1. The normalized spacial score (nSPS) is 30.2. The predicted molar refractivity (Wildman–Crippen MR) is 70.2 cm³/mol. The monoisotopic (exact) mass is 244 g/mol. The van der Waals surface area contributed by atoms with Crippen molar-refractivity contribution in [2.24, 2.45) is 5.73 Å². The minimum absolute atomic E-state index is 0.0408. The molecule has 2 N–H and O–H groups in total. The molecule has 0 aromatic carbocycles. The molecular weight excluding hydrogens is 216 g/mol. The van der Waals surface area contributed by atoms with Gasteiger partial charge in [0.2, 0.25) is 0 Å². The average Bonchev–Trinajstić information content (AvgIpc) is 2.36. The van der Waals surface area contributed by atoms with E-state index in [-0.39, 0.29) is 11.1 Å². The number of hydrogen-bond acceptors (Lipinski definition) is 4. The SMILES string of the molecule is CCOCC(C)(CN)N1CCCC(C)(OC)C1. The van der Waals surface area contributed by atoms with Gasteiger partial charge in [-0.15, -0.1) is 0 Å². The molecule has 0 aromatic heterocycles. The fourth-order valence-electron chi connectivity index (χ4n) is 2.43. The summed E-state index contributed by atoms with van der Waals surface area (Å²) in [5.41, 5.74) is 5.83. The van der Waals surface area contributed by atoms with Crippen LogP contribution in [0.1, 0.15) is 33.6 Å². The van der Waals surface area contributed by atoms with Gasteiger partial charge in [-0.2, -0.15) is 0 Å². The largest absolute Gasteiger partial charge is 0.380 e. The molecule has 1 heterocycles. The quantitative estimate of drug-likeness (QED) is 0.764. The van der Waals surface area contributed by atoms with E-state index < -0.39 is 0 Å². The fraction of sp³-hybridized carbons (Fsp3) is 1.00. The van der Waals surface area contributed by atoms with Crippen molar-refractivity contribution in [2.45, 2.75) is 44.8 Å². The topological polar surface area (TPSA) is 47.7 Å². The van der Waals surface area contributed by atoms with Crippen molar-refractivity contribution in [3.8, 4) is 0 Å². The Hall–Kier alpha value is -0.160. The summed E-state index contributed by atoms with van der Waals surface area (Å²) in [6, 6.07) is 0. The summed E-state index contributed by atoms with van der Waals surface area (Å²) >= 11 is 0. The van der Waals surface area contributed by atoms with Gasteiger partial charge in [0, 0.05) is 26.8 Å². The van der Waals surface area contributed by atoms with E-state index in [0.29, 0.717) is 13.2 Å². The molecule has 0 aliphatic carbocycles. The summed E-state index contributed by atoms with van der Waals surface area (Å²) < 4.78 is 11.2. The van der Waals surface area contributed by atoms with Crippen molar-refractivity contribution in [3.05, 3.63) is 0 Å². The first-order valence-corrected chi connectivity index (χ1v) is 6.58. The zero-order valence-corrected chi connectivity index (χ0v) is 11.8. The highest BCUT2D eigenvalue weighted by Gasteiger charge is 2.39. The lowest BCUT2D eigenvalue weighted by atomic mass is 9.89. The van der Waals surface area contributed by atoms with E-state index >= 15 is 0 Å². The number of nitrogens with zero attached hydrogens (tertiary/aromatic N) is 1. The molecule has 0 aromatic rings. The number of nitrogens with two attached hydrogens (primary N) is 1. The minimum atomic E-state index is -0.0732. The molecule has 0 radical (unpaired) electrons. The first kappa shape index (κ1) is 14.9. The second kappa shape index (κ2) is 6.14. The maximum absolute atomic E-state index is 5.95. The zero-order chi connectivity index (χ0) is 12.9. The lowest BCUT2D eigenvalue weighted by molar-refractivity contribution is -0.0913. The van der Waals surface area contributed by atoms with E-state index in [1.54, 1.807) is 7.11 Å². The minimum Gasteiger partial charge on any atom is -0.380 e. The van der Waals surface area contributed by atoms with Crippen LogP contribution >= 0.6 is 0 Å². The maximum Gasteiger partial charge on any atom is 0.0777 e. The lowest BCUT2D eigenvalue weighted by Gasteiger charge is -2.48. The summed E-state index contributed by atoms with van der Waals surface area (Å²) in [4.78, 5) is 2.43. The third kappa shape index (κ3) is 3.65. The van der Waals surface area contributed by atoms with Crippen molar-refractivity contribution in [2.75, 3.05) is 40.0 Å². The number of piperidine rings is 1. The molecule has 1 rings (SSSR count). The Labute approximate surface area is 105 Å². The summed E-state index contributed by atoms with van der Waals surface area (Å²) in [6.45, 7) is 10.5. The van der Waals surface area contributed by atoms with E-state index in [1.807, 2.05) is 6.92 Å². The summed E-state index contributed by atoms with van der Waals surface area (Å²) in [7, 11) is 1.80. The second-order valence-corrected chi connectivity index (χ2v) is 5.52. The summed E-state index contributed by atoms with van der Waals surface area (Å²) in [5, 5.41) is 0. The molecule has 1 aliphatic heterocycles. The van der Waals surface area contributed by atoms with Gasteiger partial charge in [0.25, 0.3) is 0 Å². The molecule has 2 atom stereocenters. The number of hydrogen-bond donors (Lipinski definition) is 1. The average molecular weight is 244 g/mol. The first-order valence-electron chi connectivity index (χ1n) is 6.58. The lowest BCUT2D eigenvalue weighted by Crippen LogP contribution is -2.61. The van der Waals surface area contributed by atoms with Crippen molar-refractivity contribution < 1.29 is 9.47 Å². The Bertz CT molecular complexity index is 237. The molecule has 4 nitrogen and oxygen atoms in total. The van der Waals surface area contributed by atoms with Crippen LogP contribution in [0.25, 0.3) is 0 Å². The molecule has 0 bridgehead atoms. The van der Waals surface area contributed by atoms with Crippen LogP contribution in [0.4, 0.5) is 0 Å². The molecule has 1 fully saturated rings. The van der Waals surface area contributed by atoms with Crippen LogP contribution in [0.5, 0.6) is 0 Å². The van der Waals surface area contributed by atoms with Gasteiger partial charge in [0.15, 0.2) is 0 Å². The van der Waals surface area contributed by atoms with Gasteiger partial charge >= 0.3 is 0 Å². The zero-order valence-electron chi connectivity index (χ0n) is 11.8. The van der Waals surface area contributed by atoms with Crippen LogP contribution in [0.15, 0.2) is 0 Å². The van der Waals surface area contributed by atoms with Crippen LogP contribution in [0, 0.1) is 0 Å². The van der Waals surface area contributed by atoms with Crippen molar-refractivity contribution >= 4 is 0 Å². The Kier molecular flexibility index (Phi) is 5.38. The molecule has 4 heteroatoms. The molecule has 102 valence electrons. The predicted octanol–water partition coefficient (Wildman–Crippen LogP) is 1.24. The molecule has 1 aliphatic rings. The van der Waals surface area contributed by atoms with Crippen LogP contribution in [-0.2, 0) is 9.47 Å². The van der Waals surface area contributed by atoms with E-state index in [9.17, 15) is 0 Å². The first-order chi connectivity index (χ1) is 7.99. The van der Waals surface area contributed by atoms with Gasteiger partial charge in [0.1, 0.15) is 0 Å². The van der Waals surface area contributed by atoms with Crippen LogP contribution in [-0.4, -0.2) is 56.0 Å². The van der Waals surface area contributed by atoms with Crippen molar-refractivity contribution in [1.82, 2.24) is 4.90 Å². The maximum atomic E-state index is 5.95. The van der Waals surface area contributed by atoms with Crippen molar-refractivity contribution in [3.63, 3.8) is 0 Å². The fourth-order valence-corrected chi connectivity index (χ4v) is 2.43. The molecule has 0 amide bonds. The number of ether oxygens (including phenoxy) is 2. The molecule has 2 unspecified atom stereocenters. The Morgan fingerprint density at radius 1 is 1.47 bits per heavy atom. The van der Waals surface area contributed by atoms with Gasteiger partial charge < -0.3 is 15.2 Å². The standard InChI is InChI=1S/C13H28N2O2/c1-5-17-11-12(2,9-14)15-8-6-7-13(3,10-15)16-4/h5-11,14H2,1-4H3. The van der Waals surface area contributed by atoms with Gasteiger partial charge in [0.05, 0.1) is 17.7 Å². The highest BCUT2D eigenvalue weighted by atomic mass is 16.5. The van der Waals surface area contributed by atoms with Crippen LogP contribution < -0.4 is 5.73 Å². The van der Waals surface area contributed by atoms with E-state index in [4.69, 9.17) is 15.2 Å². The molecule has 1 saturated heterocycles.